The van der Waals surface area contributed by atoms with E-state index >= 15 is 0 Å². The van der Waals surface area contributed by atoms with Gasteiger partial charge in [-0.2, -0.15) is 0 Å². The van der Waals surface area contributed by atoms with Gasteiger partial charge in [-0.25, -0.2) is 4.89 Å². The van der Waals surface area contributed by atoms with Crippen LogP contribution in [-0.2, 0) is 14.5 Å². The molecule has 0 amide bonds. The Hall–Kier alpha value is -1.50. The van der Waals surface area contributed by atoms with Crippen LogP contribution in [0.5, 0.6) is 0 Å². The van der Waals surface area contributed by atoms with E-state index in [9.17, 15) is 14.7 Å². The highest BCUT2D eigenvalue weighted by Crippen LogP contribution is 2.33. The van der Waals surface area contributed by atoms with Crippen molar-refractivity contribution >= 4 is 11.8 Å². The number of carboxylic acid groups (broad SMARTS) is 1. The zero-order valence-electron chi connectivity index (χ0n) is 14.8. The molecular formula is C19H30O6. The maximum absolute atomic E-state index is 12.1. The Morgan fingerprint density at radius 1 is 1.36 bits per heavy atom. The average Bonchev–Trinajstić information content (AvgIpc) is 2.83. The van der Waals surface area contributed by atoms with Crippen LogP contribution >= 0.6 is 0 Å². The number of carboxylic acids is 1. The van der Waals surface area contributed by atoms with Gasteiger partial charge in [-0.1, -0.05) is 50.5 Å². The predicted octanol–water partition coefficient (Wildman–Crippen LogP) is 3.36. The van der Waals surface area contributed by atoms with E-state index in [1.165, 1.54) is 0 Å². The molecule has 6 nitrogen and oxygen atoms in total. The molecule has 1 rings (SSSR count). The lowest BCUT2D eigenvalue weighted by Gasteiger charge is -2.17. The fourth-order valence-electron chi connectivity index (χ4n) is 3.13. The predicted molar refractivity (Wildman–Crippen MR) is 94.0 cm³/mol. The van der Waals surface area contributed by atoms with Crippen molar-refractivity contribution in [3.63, 3.8) is 0 Å². The summed E-state index contributed by atoms with van der Waals surface area (Å²) < 4.78 is 0. The molecule has 1 saturated carbocycles. The second-order valence-electron chi connectivity index (χ2n) is 6.59. The quantitative estimate of drug-likeness (QED) is 0.215. The highest BCUT2D eigenvalue weighted by Gasteiger charge is 2.39. The largest absolute Gasteiger partial charge is 0.481 e. The third-order valence-electron chi connectivity index (χ3n) is 4.59. The third-order valence-corrected chi connectivity index (χ3v) is 4.59. The highest BCUT2D eigenvalue weighted by atomic mass is 17.1. The van der Waals surface area contributed by atoms with Crippen molar-refractivity contribution in [2.75, 3.05) is 0 Å². The Kier molecular flexibility index (Phi) is 10.3. The lowest BCUT2D eigenvalue weighted by molar-refractivity contribution is -0.267. The number of aliphatic carboxylic acids is 1. The molecular weight excluding hydrogens is 324 g/mol. The molecule has 1 fully saturated rings. The van der Waals surface area contributed by atoms with Gasteiger partial charge in [0.05, 0.1) is 6.10 Å². The number of ketones is 1. The van der Waals surface area contributed by atoms with Crippen molar-refractivity contribution in [3.8, 4) is 0 Å². The summed E-state index contributed by atoms with van der Waals surface area (Å²) in [4.78, 5) is 27.0. The Balaban J connectivity index is 2.59. The smallest absolute Gasteiger partial charge is 0.303 e. The number of hydrogen-bond donors (Lipinski definition) is 3. The van der Waals surface area contributed by atoms with Crippen molar-refractivity contribution < 1.29 is 29.9 Å². The number of allylic oxidation sites excluding steroid dienone is 2. The molecule has 142 valence electrons. The molecule has 1 unspecified atom stereocenters. The molecule has 1 aliphatic carbocycles. The minimum Gasteiger partial charge on any atom is -0.481 e. The van der Waals surface area contributed by atoms with Gasteiger partial charge in [-0.3, -0.25) is 14.8 Å². The summed E-state index contributed by atoms with van der Waals surface area (Å²) in [6, 6.07) is 0. The van der Waals surface area contributed by atoms with E-state index < -0.39 is 18.2 Å². The van der Waals surface area contributed by atoms with Crippen LogP contribution in [0.25, 0.3) is 0 Å². The Morgan fingerprint density at radius 2 is 2.12 bits per heavy atom. The number of Topliss-reactive ketones (excluding diaryl/α,β-unsaturated/α-hetero) is 1. The van der Waals surface area contributed by atoms with E-state index in [2.05, 4.69) is 11.8 Å². The first-order chi connectivity index (χ1) is 12.0. The maximum Gasteiger partial charge on any atom is 0.303 e. The minimum atomic E-state index is -0.851. The number of aliphatic hydroxyl groups excluding tert-OH is 1. The fourth-order valence-corrected chi connectivity index (χ4v) is 3.13. The van der Waals surface area contributed by atoms with Crippen LogP contribution in [-0.4, -0.2) is 39.4 Å². The van der Waals surface area contributed by atoms with Gasteiger partial charge in [0.2, 0.25) is 0 Å². The van der Waals surface area contributed by atoms with Gasteiger partial charge in [0.15, 0.2) is 0 Å². The van der Waals surface area contributed by atoms with E-state index in [0.717, 1.165) is 19.3 Å². The Morgan fingerprint density at radius 3 is 2.76 bits per heavy atom. The Bertz CT molecular complexity index is 471. The van der Waals surface area contributed by atoms with Crippen LogP contribution in [0.15, 0.2) is 24.3 Å². The van der Waals surface area contributed by atoms with Crippen LogP contribution in [0, 0.1) is 11.8 Å². The van der Waals surface area contributed by atoms with Gasteiger partial charge < -0.3 is 10.2 Å². The van der Waals surface area contributed by atoms with Gasteiger partial charge in [0.25, 0.3) is 0 Å². The second-order valence-corrected chi connectivity index (χ2v) is 6.59. The molecule has 0 heterocycles. The third kappa shape index (κ3) is 7.94. The Labute approximate surface area is 149 Å². The summed E-state index contributed by atoms with van der Waals surface area (Å²) in [5.41, 5.74) is 0. The minimum absolute atomic E-state index is 0.0116. The van der Waals surface area contributed by atoms with Crippen LogP contribution in [0.4, 0.5) is 0 Å². The van der Waals surface area contributed by atoms with Gasteiger partial charge in [-0.05, 0) is 19.3 Å². The number of rotatable bonds is 12. The molecule has 25 heavy (non-hydrogen) atoms. The zero-order valence-corrected chi connectivity index (χ0v) is 14.8. The molecule has 0 aromatic heterocycles. The maximum atomic E-state index is 12.1. The highest BCUT2D eigenvalue weighted by molar-refractivity contribution is 5.84. The zero-order chi connectivity index (χ0) is 18.7. The van der Waals surface area contributed by atoms with Crippen LogP contribution in [0.2, 0.25) is 0 Å². The van der Waals surface area contributed by atoms with Gasteiger partial charge >= 0.3 is 5.97 Å². The molecule has 0 aliphatic heterocycles. The number of unbranched alkanes of at least 4 members (excludes halogenated alkanes) is 2. The second kappa shape index (κ2) is 12.0. The molecule has 3 N–H and O–H groups in total. The molecule has 0 spiro atoms. The molecule has 0 aromatic rings. The topological polar surface area (TPSA) is 104 Å². The average molecular weight is 354 g/mol. The normalized spacial score (nSPS) is 25.2. The van der Waals surface area contributed by atoms with Gasteiger partial charge in [-0.15, -0.1) is 0 Å². The van der Waals surface area contributed by atoms with E-state index in [1.807, 2.05) is 6.08 Å². The van der Waals surface area contributed by atoms with Crippen molar-refractivity contribution in [1.82, 2.24) is 0 Å². The van der Waals surface area contributed by atoms with E-state index in [0.29, 0.717) is 19.3 Å². The standard InChI is InChI=1S/C19H30O6/c1-2-3-5-8-14(25-24)11-12-16-15(17(20)13-18(16)21)9-6-4-7-10-19(22)23/h4,6,11-12,14-16,18,21,24H,2-3,5,7-10,13H2,1H3,(H,22,23)/b6-4+,12-11+/t14?,15-,16-,18-/m1/s1. The summed E-state index contributed by atoms with van der Waals surface area (Å²) in [6.45, 7) is 2.10. The summed E-state index contributed by atoms with van der Waals surface area (Å²) in [5, 5.41) is 27.7. The molecule has 0 bridgehead atoms. The van der Waals surface area contributed by atoms with Crippen LogP contribution < -0.4 is 0 Å². The fraction of sp³-hybridized carbons (Fsp3) is 0.684. The van der Waals surface area contributed by atoms with Crippen LogP contribution in [0.1, 0.15) is 58.3 Å². The number of carbonyl (C=O) groups excluding carboxylic acids is 1. The molecule has 0 aromatic carbocycles. The summed E-state index contributed by atoms with van der Waals surface area (Å²) in [5.74, 6) is -1.46. The van der Waals surface area contributed by atoms with Crippen molar-refractivity contribution in [3.05, 3.63) is 24.3 Å². The first kappa shape index (κ1) is 21.5. The van der Waals surface area contributed by atoms with Crippen molar-refractivity contribution in [1.29, 1.82) is 0 Å². The van der Waals surface area contributed by atoms with Gasteiger partial charge in [0, 0.05) is 24.7 Å². The van der Waals surface area contributed by atoms with E-state index in [4.69, 9.17) is 10.4 Å². The summed E-state index contributed by atoms with van der Waals surface area (Å²) in [7, 11) is 0. The molecule has 1 aliphatic rings. The lowest BCUT2D eigenvalue weighted by Crippen LogP contribution is -2.19. The molecule has 4 atom stereocenters. The van der Waals surface area contributed by atoms with Crippen molar-refractivity contribution in [2.24, 2.45) is 11.8 Å². The number of hydrogen-bond acceptors (Lipinski definition) is 5. The summed E-state index contributed by atoms with van der Waals surface area (Å²) in [6.07, 6.45) is 10.8. The first-order valence-corrected chi connectivity index (χ1v) is 9.05. The number of carbonyl (C=O) groups is 2. The van der Waals surface area contributed by atoms with Crippen molar-refractivity contribution in [2.45, 2.75) is 70.5 Å². The molecule has 0 radical (unpaired) electrons. The summed E-state index contributed by atoms with van der Waals surface area (Å²) >= 11 is 0. The SMILES string of the molecule is CCCCCC(/C=C/[C@H]1[C@H](O)CC(=O)[C@@H]1C/C=C/CCC(=O)O)OO. The number of aliphatic hydroxyl groups is 1. The monoisotopic (exact) mass is 354 g/mol. The van der Waals surface area contributed by atoms with E-state index in [1.54, 1.807) is 18.2 Å². The lowest BCUT2D eigenvalue weighted by atomic mass is 9.90. The molecule has 0 saturated heterocycles. The molecule has 6 heteroatoms. The first-order valence-electron chi connectivity index (χ1n) is 9.05. The van der Waals surface area contributed by atoms with Gasteiger partial charge in [0.1, 0.15) is 11.9 Å². The van der Waals surface area contributed by atoms with Crippen LogP contribution in [0.3, 0.4) is 0 Å². The van der Waals surface area contributed by atoms with E-state index in [-0.39, 0.29) is 30.5 Å².